The highest BCUT2D eigenvalue weighted by Crippen LogP contribution is 2.03. The van der Waals surface area contributed by atoms with Crippen LogP contribution in [-0.2, 0) is 0 Å². The van der Waals surface area contributed by atoms with Crippen molar-refractivity contribution in [3.05, 3.63) is 71.0 Å². The number of amides is 1. The highest BCUT2D eigenvalue weighted by molar-refractivity contribution is 5.94. The lowest BCUT2D eigenvalue weighted by molar-refractivity contribution is 0.0958. The van der Waals surface area contributed by atoms with Gasteiger partial charge in [0.05, 0.1) is 6.54 Å². The van der Waals surface area contributed by atoms with Crippen LogP contribution in [-0.4, -0.2) is 12.5 Å². The highest BCUT2D eigenvalue weighted by atomic mass is 19.1. The lowest BCUT2D eigenvalue weighted by atomic mass is 10.1. The van der Waals surface area contributed by atoms with Crippen LogP contribution in [0.4, 0.5) is 4.39 Å². The molecule has 0 heterocycles. The van der Waals surface area contributed by atoms with Crippen molar-refractivity contribution in [3.8, 4) is 11.8 Å². The second-order valence-corrected chi connectivity index (χ2v) is 4.36. The summed E-state index contributed by atoms with van der Waals surface area (Å²) in [6.07, 6.45) is 0. The molecule has 100 valence electrons. The van der Waals surface area contributed by atoms with Gasteiger partial charge in [-0.2, -0.15) is 0 Å². The molecule has 0 bridgehead atoms. The SMILES string of the molecule is Cc1cccc(C(=O)NCC#Cc2ccc(F)cc2)c1. The Labute approximate surface area is 117 Å². The maximum Gasteiger partial charge on any atom is 0.252 e. The number of nitrogens with one attached hydrogen (secondary N) is 1. The molecule has 0 saturated carbocycles. The largest absolute Gasteiger partial charge is 0.341 e. The Bertz CT molecular complexity index is 665. The van der Waals surface area contributed by atoms with Gasteiger partial charge in [0, 0.05) is 11.1 Å². The van der Waals surface area contributed by atoms with Crippen LogP contribution in [0.25, 0.3) is 0 Å². The van der Waals surface area contributed by atoms with Crippen molar-refractivity contribution in [2.45, 2.75) is 6.92 Å². The Hall–Kier alpha value is -2.60. The molecule has 0 aliphatic carbocycles. The van der Waals surface area contributed by atoms with Gasteiger partial charge >= 0.3 is 0 Å². The van der Waals surface area contributed by atoms with Crippen molar-refractivity contribution in [2.75, 3.05) is 6.54 Å². The van der Waals surface area contributed by atoms with Gasteiger partial charge in [0.1, 0.15) is 5.82 Å². The molecule has 3 heteroatoms. The molecule has 20 heavy (non-hydrogen) atoms. The number of rotatable bonds is 2. The summed E-state index contributed by atoms with van der Waals surface area (Å²) in [7, 11) is 0. The third-order valence-electron chi connectivity index (χ3n) is 2.69. The van der Waals surface area contributed by atoms with Gasteiger partial charge in [-0.1, -0.05) is 29.5 Å². The Morgan fingerprint density at radius 3 is 2.65 bits per heavy atom. The van der Waals surface area contributed by atoms with E-state index in [0.29, 0.717) is 5.56 Å². The average Bonchev–Trinajstić information content (AvgIpc) is 2.45. The van der Waals surface area contributed by atoms with Crippen LogP contribution in [0.1, 0.15) is 21.5 Å². The summed E-state index contributed by atoms with van der Waals surface area (Å²) in [5.74, 6) is 5.25. The van der Waals surface area contributed by atoms with E-state index in [1.54, 1.807) is 18.2 Å². The standard InChI is InChI=1S/C17H14FNO/c1-13-4-2-6-15(12-13)17(20)19-11-3-5-14-7-9-16(18)10-8-14/h2,4,6-10,12H,11H2,1H3,(H,19,20). The van der Waals surface area contributed by atoms with E-state index in [4.69, 9.17) is 0 Å². The summed E-state index contributed by atoms with van der Waals surface area (Å²) in [6.45, 7) is 2.19. The normalized spacial score (nSPS) is 9.50. The fourth-order valence-corrected chi connectivity index (χ4v) is 1.69. The van der Waals surface area contributed by atoms with Gasteiger partial charge in [-0.25, -0.2) is 4.39 Å². The third-order valence-corrected chi connectivity index (χ3v) is 2.69. The van der Waals surface area contributed by atoms with E-state index in [1.165, 1.54) is 12.1 Å². The molecule has 0 atom stereocenters. The predicted molar refractivity (Wildman–Crippen MR) is 76.8 cm³/mol. The molecule has 2 aromatic rings. The lowest BCUT2D eigenvalue weighted by Crippen LogP contribution is -2.23. The molecule has 1 N–H and O–H groups in total. The number of hydrogen-bond acceptors (Lipinski definition) is 1. The first kappa shape index (κ1) is 13.8. The van der Waals surface area contributed by atoms with E-state index in [1.807, 2.05) is 25.1 Å². The number of hydrogen-bond donors (Lipinski definition) is 1. The van der Waals surface area contributed by atoms with E-state index >= 15 is 0 Å². The number of carbonyl (C=O) groups excluding carboxylic acids is 1. The van der Waals surface area contributed by atoms with E-state index in [2.05, 4.69) is 17.2 Å². The average molecular weight is 267 g/mol. The van der Waals surface area contributed by atoms with Crippen molar-refractivity contribution >= 4 is 5.91 Å². The fraction of sp³-hybridized carbons (Fsp3) is 0.118. The van der Waals surface area contributed by atoms with Crippen molar-refractivity contribution in [1.29, 1.82) is 0 Å². The minimum atomic E-state index is -0.289. The third kappa shape index (κ3) is 3.96. The molecular formula is C17H14FNO. The second kappa shape index (κ2) is 6.53. The van der Waals surface area contributed by atoms with Crippen molar-refractivity contribution in [3.63, 3.8) is 0 Å². The molecule has 0 aliphatic rings. The molecule has 0 saturated heterocycles. The Morgan fingerprint density at radius 2 is 1.95 bits per heavy atom. The predicted octanol–water partition coefficient (Wildman–Crippen LogP) is 2.92. The smallest absolute Gasteiger partial charge is 0.252 e. The molecule has 0 aromatic heterocycles. The van der Waals surface area contributed by atoms with Crippen molar-refractivity contribution in [2.24, 2.45) is 0 Å². The monoisotopic (exact) mass is 267 g/mol. The van der Waals surface area contributed by atoms with Gasteiger partial charge in [0.2, 0.25) is 0 Å². The molecule has 2 rings (SSSR count). The van der Waals surface area contributed by atoms with Gasteiger partial charge in [0.25, 0.3) is 5.91 Å². The summed E-state index contributed by atoms with van der Waals surface area (Å²) in [5.41, 5.74) is 2.37. The first-order valence-corrected chi connectivity index (χ1v) is 6.24. The fourth-order valence-electron chi connectivity index (χ4n) is 1.69. The summed E-state index contributed by atoms with van der Waals surface area (Å²) in [4.78, 5) is 11.8. The highest BCUT2D eigenvalue weighted by Gasteiger charge is 2.02. The van der Waals surface area contributed by atoms with Crippen LogP contribution in [0, 0.1) is 24.6 Å². The number of aryl methyl sites for hydroxylation is 1. The molecular weight excluding hydrogens is 253 g/mol. The quantitative estimate of drug-likeness (QED) is 0.833. The minimum absolute atomic E-state index is 0.151. The zero-order valence-corrected chi connectivity index (χ0v) is 11.1. The van der Waals surface area contributed by atoms with Crippen LogP contribution in [0.5, 0.6) is 0 Å². The first-order chi connectivity index (χ1) is 9.65. The van der Waals surface area contributed by atoms with E-state index < -0.39 is 0 Å². The van der Waals surface area contributed by atoms with Crippen LogP contribution >= 0.6 is 0 Å². The second-order valence-electron chi connectivity index (χ2n) is 4.36. The van der Waals surface area contributed by atoms with Gasteiger partial charge in [-0.15, -0.1) is 0 Å². The number of carbonyl (C=O) groups is 1. The molecule has 0 fully saturated rings. The zero-order chi connectivity index (χ0) is 14.4. The first-order valence-electron chi connectivity index (χ1n) is 6.24. The van der Waals surface area contributed by atoms with E-state index in [-0.39, 0.29) is 18.3 Å². The molecule has 2 nitrogen and oxygen atoms in total. The van der Waals surface area contributed by atoms with Gasteiger partial charge < -0.3 is 5.32 Å². The molecule has 0 aliphatic heterocycles. The topological polar surface area (TPSA) is 29.1 Å². The summed E-state index contributed by atoms with van der Waals surface area (Å²) < 4.78 is 12.7. The van der Waals surface area contributed by atoms with Gasteiger partial charge in [0.15, 0.2) is 0 Å². The van der Waals surface area contributed by atoms with Crippen LogP contribution in [0.3, 0.4) is 0 Å². The van der Waals surface area contributed by atoms with Crippen molar-refractivity contribution < 1.29 is 9.18 Å². The van der Waals surface area contributed by atoms with Crippen LogP contribution in [0.15, 0.2) is 48.5 Å². The maximum atomic E-state index is 12.7. The lowest BCUT2D eigenvalue weighted by Gasteiger charge is -2.01. The summed E-state index contributed by atoms with van der Waals surface area (Å²) in [6, 6.07) is 13.3. The van der Waals surface area contributed by atoms with E-state index in [0.717, 1.165) is 11.1 Å². The van der Waals surface area contributed by atoms with Crippen LogP contribution in [0.2, 0.25) is 0 Å². The zero-order valence-electron chi connectivity index (χ0n) is 11.1. The van der Waals surface area contributed by atoms with Crippen molar-refractivity contribution in [1.82, 2.24) is 5.32 Å². The Balaban J connectivity index is 1.90. The van der Waals surface area contributed by atoms with Crippen LogP contribution < -0.4 is 5.32 Å². The minimum Gasteiger partial charge on any atom is -0.341 e. The Kier molecular flexibility index (Phi) is 4.52. The van der Waals surface area contributed by atoms with E-state index in [9.17, 15) is 9.18 Å². The molecule has 1 amide bonds. The summed E-state index contributed by atoms with van der Waals surface area (Å²) in [5, 5.41) is 2.72. The molecule has 2 aromatic carbocycles. The van der Waals surface area contributed by atoms with Gasteiger partial charge in [-0.05, 0) is 43.3 Å². The maximum absolute atomic E-state index is 12.7. The van der Waals surface area contributed by atoms with Gasteiger partial charge in [-0.3, -0.25) is 4.79 Å². The molecule has 0 spiro atoms. The summed E-state index contributed by atoms with van der Waals surface area (Å²) >= 11 is 0. The molecule has 0 radical (unpaired) electrons. The molecule has 0 unspecified atom stereocenters. The number of halogens is 1. The number of benzene rings is 2. The Morgan fingerprint density at radius 1 is 1.20 bits per heavy atom.